The predicted octanol–water partition coefficient (Wildman–Crippen LogP) is 3.42. The third-order valence-corrected chi connectivity index (χ3v) is 3.09. The van der Waals surface area contributed by atoms with Crippen LogP contribution in [0.1, 0.15) is 10.4 Å². The lowest BCUT2D eigenvalue weighted by atomic mass is 10.1. The molecule has 1 heterocycles. The van der Waals surface area contributed by atoms with E-state index in [1.54, 1.807) is 18.2 Å². The standard InChI is InChI=1S/C13H10Cl2N2O2/c1-19-13(18)9-5-12(17-6-11(9)16)8-3-2-7(14)4-10(8)15/h2-6H,16H2,1H3. The first-order chi connectivity index (χ1) is 9.02. The van der Waals surface area contributed by atoms with E-state index in [0.717, 1.165) is 0 Å². The number of rotatable bonds is 2. The lowest BCUT2D eigenvalue weighted by Gasteiger charge is -2.08. The number of carbonyl (C=O) groups excluding carboxylic acids is 1. The fourth-order valence-corrected chi connectivity index (χ4v) is 2.10. The van der Waals surface area contributed by atoms with Gasteiger partial charge in [0.25, 0.3) is 0 Å². The van der Waals surface area contributed by atoms with Crippen molar-refractivity contribution in [2.45, 2.75) is 0 Å². The van der Waals surface area contributed by atoms with Crippen LogP contribution in [0.25, 0.3) is 11.3 Å². The topological polar surface area (TPSA) is 65.2 Å². The van der Waals surface area contributed by atoms with Crippen molar-refractivity contribution in [3.63, 3.8) is 0 Å². The number of ether oxygens (including phenoxy) is 1. The third-order valence-electron chi connectivity index (χ3n) is 2.55. The van der Waals surface area contributed by atoms with Crippen molar-refractivity contribution in [3.8, 4) is 11.3 Å². The number of nitrogen functional groups attached to an aromatic ring is 1. The number of benzene rings is 1. The fourth-order valence-electron chi connectivity index (χ4n) is 1.60. The van der Waals surface area contributed by atoms with Crippen LogP contribution >= 0.6 is 23.2 Å². The Kier molecular flexibility index (Phi) is 3.93. The summed E-state index contributed by atoms with van der Waals surface area (Å²) in [5.41, 5.74) is 7.38. The van der Waals surface area contributed by atoms with Gasteiger partial charge < -0.3 is 10.5 Å². The lowest BCUT2D eigenvalue weighted by molar-refractivity contribution is 0.0602. The molecule has 0 amide bonds. The number of pyridine rings is 1. The van der Waals surface area contributed by atoms with Crippen LogP contribution < -0.4 is 5.73 Å². The zero-order chi connectivity index (χ0) is 14.0. The van der Waals surface area contributed by atoms with Gasteiger partial charge in [0.2, 0.25) is 0 Å². The summed E-state index contributed by atoms with van der Waals surface area (Å²) in [5.74, 6) is -0.522. The number of nitrogens with two attached hydrogens (primary N) is 1. The van der Waals surface area contributed by atoms with E-state index in [9.17, 15) is 4.79 Å². The number of methoxy groups -OCH3 is 1. The van der Waals surface area contributed by atoms with Gasteiger partial charge in [-0.2, -0.15) is 0 Å². The van der Waals surface area contributed by atoms with E-state index in [0.29, 0.717) is 21.3 Å². The van der Waals surface area contributed by atoms with Crippen LogP contribution in [0.4, 0.5) is 5.69 Å². The average molecular weight is 297 g/mol. The number of hydrogen-bond acceptors (Lipinski definition) is 4. The molecule has 0 saturated heterocycles. The molecule has 0 fully saturated rings. The highest BCUT2D eigenvalue weighted by Crippen LogP contribution is 2.30. The highest BCUT2D eigenvalue weighted by atomic mass is 35.5. The van der Waals surface area contributed by atoms with Crippen molar-refractivity contribution in [3.05, 3.63) is 46.1 Å². The van der Waals surface area contributed by atoms with E-state index in [1.807, 2.05) is 0 Å². The minimum absolute atomic E-state index is 0.249. The Morgan fingerprint density at radius 1 is 1.32 bits per heavy atom. The number of aromatic nitrogens is 1. The molecule has 98 valence electrons. The maximum absolute atomic E-state index is 11.6. The molecular weight excluding hydrogens is 287 g/mol. The van der Waals surface area contributed by atoms with Gasteiger partial charge in [-0.25, -0.2) is 4.79 Å². The van der Waals surface area contributed by atoms with Crippen LogP contribution in [0, 0.1) is 0 Å². The van der Waals surface area contributed by atoms with Gasteiger partial charge in [0.15, 0.2) is 0 Å². The normalized spacial score (nSPS) is 10.3. The molecule has 2 N–H and O–H groups in total. The Balaban J connectivity index is 2.54. The second-order valence-electron chi connectivity index (χ2n) is 3.77. The summed E-state index contributed by atoms with van der Waals surface area (Å²) in [6.45, 7) is 0. The van der Waals surface area contributed by atoms with E-state index in [4.69, 9.17) is 28.9 Å². The zero-order valence-corrected chi connectivity index (χ0v) is 11.5. The van der Waals surface area contributed by atoms with Crippen LogP contribution in [0.2, 0.25) is 10.0 Å². The van der Waals surface area contributed by atoms with Crippen LogP contribution in [-0.2, 0) is 4.74 Å². The Hall–Kier alpha value is -1.78. The quantitative estimate of drug-likeness (QED) is 0.862. The zero-order valence-electron chi connectivity index (χ0n) is 9.98. The van der Waals surface area contributed by atoms with Crippen LogP contribution in [0.5, 0.6) is 0 Å². The highest BCUT2D eigenvalue weighted by Gasteiger charge is 2.14. The lowest BCUT2D eigenvalue weighted by Crippen LogP contribution is -2.06. The number of carbonyl (C=O) groups is 1. The van der Waals surface area contributed by atoms with Gasteiger partial charge >= 0.3 is 5.97 Å². The minimum Gasteiger partial charge on any atom is -0.465 e. The molecule has 0 unspecified atom stereocenters. The molecule has 0 aliphatic rings. The molecule has 0 atom stereocenters. The summed E-state index contributed by atoms with van der Waals surface area (Å²) < 4.78 is 4.66. The number of halogens is 2. The van der Waals surface area contributed by atoms with Gasteiger partial charge in [-0.1, -0.05) is 23.2 Å². The van der Waals surface area contributed by atoms with Gasteiger partial charge in [0, 0.05) is 10.6 Å². The van der Waals surface area contributed by atoms with E-state index in [-0.39, 0.29) is 11.3 Å². The van der Waals surface area contributed by atoms with Crippen molar-refractivity contribution in [1.82, 2.24) is 4.98 Å². The van der Waals surface area contributed by atoms with Crippen molar-refractivity contribution < 1.29 is 9.53 Å². The van der Waals surface area contributed by atoms with Crippen molar-refractivity contribution >= 4 is 34.9 Å². The van der Waals surface area contributed by atoms with E-state index in [1.165, 1.54) is 19.4 Å². The van der Waals surface area contributed by atoms with Crippen molar-refractivity contribution in [2.24, 2.45) is 0 Å². The molecule has 0 aliphatic heterocycles. The summed E-state index contributed by atoms with van der Waals surface area (Å²) in [6.07, 6.45) is 1.40. The average Bonchev–Trinajstić information content (AvgIpc) is 2.39. The van der Waals surface area contributed by atoms with Crippen LogP contribution in [0.3, 0.4) is 0 Å². The summed E-state index contributed by atoms with van der Waals surface area (Å²) in [4.78, 5) is 15.7. The highest BCUT2D eigenvalue weighted by molar-refractivity contribution is 6.36. The first kappa shape index (κ1) is 13.6. The first-order valence-corrected chi connectivity index (χ1v) is 6.07. The van der Waals surface area contributed by atoms with Gasteiger partial charge in [0.05, 0.1) is 35.3 Å². The molecule has 0 bridgehead atoms. The van der Waals surface area contributed by atoms with Crippen molar-refractivity contribution in [1.29, 1.82) is 0 Å². The van der Waals surface area contributed by atoms with Gasteiger partial charge in [-0.3, -0.25) is 4.98 Å². The molecule has 6 heteroatoms. The Bertz CT molecular complexity index is 645. The summed E-state index contributed by atoms with van der Waals surface area (Å²) >= 11 is 11.9. The second-order valence-corrected chi connectivity index (χ2v) is 4.62. The molecule has 0 radical (unpaired) electrons. The number of esters is 1. The van der Waals surface area contributed by atoms with E-state index in [2.05, 4.69) is 9.72 Å². The van der Waals surface area contributed by atoms with Crippen molar-refractivity contribution in [2.75, 3.05) is 12.8 Å². The van der Waals surface area contributed by atoms with Gasteiger partial charge in [-0.05, 0) is 24.3 Å². The molecular formula is C13H10Cl2N2O2. The molecule has 0 aliphatic carbocycles. The Labute approximate surface area is 120 Å². The maximum atomic E-state index is 11.6. The summed E-state index contributed by atoms with van der Waals surface area (Å²) in [6, 6.07) is 6.56. The third kappa shape index (κ3) is 2.80. The largest absolute Gasteiger partial charge is 0.465 e. The molecule has 0 saturated carbocycles. The Morgan fingerprint density at radius 2 is 2.05 bits per heavy atom. The van der Waals surface area contributed by atoms with E-state index >= 15 is 0 Å². The van der Waals surface area contributed by atoms with Gasteiger partial charge in [0.1, 0.15) is 0 Å². The Morgan fingerprint density at radius 3 is 2.68 bits per heavy atom. The SMILES string of the molecule is COC(=O)c1cc(-c2ccc(Cl)cc2Cl)ncc1N. The second kappa shape index (κ2) is 5.47. The van der Waals surface area contributed by atoms with Gasteiger partial charge in [-0.15, -0.1) is 0 Å². The van der Waals surface area contributed by atoms with E-state index < -0.39 is 5.97 Å². The molecule has 2 rings (SSSR count). The molecule has 4 nitrogen and oxygen atoms in total. The monoisotopic (exact) mass is 296 g/mol. The molecule has 0 spiro atoms. The number of hydrogen-bond donors (Lipinski definition) is 1. The number of nitrogens with zero attached hydrogens (tertiary/aromatic N) is 1. The number of anilines is 1. The van der Waals surface area contributed by atoms with Crippen LogP contribution in [-0.4, -0.2) is 18.1 Å². The first-order valence-electron chi connectivity index (χ1n) is 5.32. The summed E-state index contributed by atoms with van der Waals surface area (Å²) in [7, 11) is 1.29. The molecule has 1 aromatic heterocycles. The smallest absolute Gasteiger partial charge is 0.340 e. The minimum atomic E-state index is -0.522. The molecule has 1 aromatic carbocycles. The predicted molar refractivity (Wildman–Crippen MR) is 75.4 cm³/mol. The summed E-state index contributed by atoms with van der Waals surface area (Å²) in [5, 5.41) is 0.970. The fraction of sp³-hybridized carbons (Fsp3) is 0.0769. The molecule has 19 heavy (non-hydrogen) atoms. The molecule has 2 aromatic rings. The maximum Gasteiger partial charge on any atom is 0.340 e. The van der Waals surface area contributed by atoms with Crippen LogP contribution in [0.15, 0.2) is 30.5 Å².